The zero-order chi connectivity index (χ0) is 19.1. The molecule has 2 aromatic carbocycles. The fourth-order valence-electron chi connectivity index (χ4n) is 3.35. The highest BCUT2D eigenvalue weighted by atomic mass is 32.2. The van der Waals surface area contributed by atoms with Gasteiger partial charge in [0.05, 0.1) is 12.0 Å². The number of sulfonamides is 1. The summed E-state index contributed by atoms with van der Waals surface area (Å²) in [6, 6.07) is 11.6. The topological polar surface area (TPSA) is 60.3 Å². The molecule has 6 heteroatoms. The van der Waals surface area contributed by atoms with E-state index in [0.29, 0.717) is 21.8 Å². The van der Waals surface area contributed by atoms with Gasteiger partial charge in [0.2, 0.25) is 10.0 Å². The average Bonchev–Trinajstić information content (AvgIpc) is 2.86. The smallest absolute Gasteiger partial charge is 0.241 e. The van der Waals surface area contributed by atoms with E-state index in [1.54, 1.807) is 33.1 Å². The van der Waals surface area contributed by atoms with Gasteiger partial charge in [0.1, 0.15) is 5.75 Å². The third-order valence-corrected chi connectivity index (χ3v) is 6.46. The van der Waals surface area contributed by atoms with Crippen molar-refractivity contribution in [2.24, 2.45) is 7.05 Å². The summed E-state index contributed by atoms with van der Waals surface area (Å²) in [6.07, 6.45) is 0. The number of methoxy groups -OCH3 is 1. The minimum Gasteiger partial charge on any atom is -0.497 e. The van der Waals surface area contributed by atoms with Crippen LogP contribution in [0, 0.1) is 20.8 Å². The Kier molecular flexibility index (Phi) is 4.82. The summed E-state index contributed by atoms with van der Waals surface area (Å²) in [5.74, 6) is 0.656. The van der Waals surface area contributed by atoms with Crippen molar-refractivity contribution < 1.29 is 13.2 Å². The Hall–Kier alpha value is -2.31. The van der Waals surface area contributed by atoms with E-state index in [-0.39, 0.29) is 6.54 Å². The summed E-state index contributed by atoms with van der Waals surface area (Å²) in [7, 11) is -0.0172. The molecule has 0 saturated carbocycles. The third-order valence-electron chi connectivity index (χ3n) is 4.75. The third kappa shape index (κ3) is 3.34. The average molecular weight is 372 g/mol. The second-order valence-electron chi connectivity index (χ2n) is 6.65. The highest BCUT2D eigenvalue weighted by Gasteiger charge is 2.20. The molecule has 0 fully saturated rings. The maximum Gasteiger partial charge on any atom is 0.241 e. The van der Waals surface area contributed by atoms with Gasteiger partial charge in [-0.1, -0.05) is 6.07 Å². The molecule has 0 bridgehead atoms. The molecule has 5 nitrogen and oxygen atoms in total. The van der Waals surface area contributed by atoms with E-state index >= 15 is 0 Å². The zero-order valence-corrected chi connectivity index (χ0v) is 16.6. The van der Waals surface area contributed by atoms with Crippen LogP contribution in [0.25, 0.3) is 10.9 Å². The van der Waals surface area contributed by atoms with E-state index in [4.69, 9.17) is 4.74 Å². The second kappa shape index (κ2) is 6.78. The van der Waals surface area contributed by atoms with Crippen LogP contribution in [0.2, 0.25) is 0 Å². The van der Waals surface area contributed by atoms with Crippen molar-refractivity contribution in [1.82, 2.24) is 9.29 Å². The van der Waals surface area contributed by atoms with E-state index in [2.05, 4.69) is 22.3 Å². The summed E-state index contributed by atoms with van der Waals surface area (Å²) in [5, 5.41) is 1.11. The van der Waals surface area contributed by atoms with Crippen LogP contribution in [0.5, 0.6) is 5.75 Å². The lowest BCUT2D eigenvalue weighted by Crippen LogP contribution is -2.24. The lowest BCUT2D eigenvalue weighted by atomic mass is 10.1. The molecule has 0 aliphatic heterocycles. The molecule has 0 spiro atoms. The minimum atomic E-state index is -3.61. The predicted molar refractivity (Wildman–Crippen MR) is 104 cm³/mol. The fourth-order valence-corrected chi connectivity index (χ4v) is 4.82. The Balaban J connectivity index is 1.87. The first-order valence-electron chi connectivity index (χ1n) is 8.43. The second-order valence-corrected chi connectivity index (χ2v) is 8.36. The molecular weight excluding hydrogens is 348 g/mol. The quantitative estimate of drug-likeness (QED) is 0.744. The molecule has 26 heavy (non-hydrogen) atoms. The van der Waals surface area contributed by atoms with E-state index in [1.807, 2.05) is 25.2 Å². The minimum absolute atomic E-state index is 0.247. The summed E-state index contributed by atoms with van der Waals surface area (Å²) in [4.78, 5) is 0.315. The molecule has 1 heterocycles. The Morgan fingerprint density at radius 1 is 1.04 bits per heavy atom. The Morgan fingerprint density at radius 3 is 2.31 bits per heavy atom. The molecule has 3 aromatic rings. The number of hydrogen-bond acceptors (Lipinski definition) is 3. The van der Waals surface area contributed by atoms with Gasteiger partial charge in [-0.15, -0.1) is 0 Å². The van der Waals surface area contributed by atoms with Crippen LogP contribution in [0.3, 0.4) is 0 Å². The first-order valence-corrected chi connectivity index (χ1v) is 9.91. The van der Waals surface area contributed by atoms with Gasteiger partial charge < -0.3 is 9.30 Å². The number of hydrogen-bond donors (Lipinski definition) is 1. The van der Waals surface area contributed by atoms with Crippen LogP contribution in [0.4, 0.5) is 0 Å². The predicted octanol–water partition coefficient (Wildman–Crippen LogP) is 3.59. The van der Waals surface area contributed by atoms with Crippen molar-refractivity contribution >= 4 is 20.9 Å². The van der Waals surface area contributed by atoms with Crippen LogP contribution in [-0.4, -0.2) is 20.1 Å². The molecule has 0 amide bonds. The summed E-state index contributed by atoms with van der Waals surface area (Å²) >= 11 is 0. The Morgan fingerprint density at radius 2 is 1.69 bits per heavy atom. The summed E-state index contributed by atoms with van der Waals surface area (Å²) < 4.78 is 35.7. The number of benzene rings is 2. The normalized spacial score (nSPS) is 11.9. The van der Waals surface area contributed by atoms with Crippen molar-refractivity contribution in [1.29, 1.82) is 0 Å². The van der Waals surface area contributed by atoms with Crippen LogP contribution in [0.1, 0.15) is 22.4 Å². The standard InChI is InChI=1S/C20H24N2O3S/c1-13-8-18(25-5)9-14(2)20(13)26(23,24)21-12-16-6-7-19-17(11-16)10-15(3)22(19)4/h6-11,21H,12H2,1-5H3. The monoisotopic (exact) mass is 372 g/mol. The molecule has 0 aliphatic rings. The summed E-state index contributed by atoms with van der Waals surface area (Å²) in [5.41, 5.74) is 4.57. The van der Waals surface area contributed by atoms with Gasteiger partial charge in [-0.3, -0.25) is 0 Å². The van der Waals surface area contributed by atoms with E-state index < -0.39 is 10.0 Å². The highest BCUT2D eigenvalue weighted by Crippen LogP contribution is 2.26. The number of ether oxygens (including phenoxy) is 1. The molecule has 0 aliphatic carbocycles. The largest absolute Gasteiger partial charge is 0.497 e. The Labute approximate surface area is 154 Å². The van der Waals surface area contributed by atoms with Gasteiger partial charge in [-0.25, -0.2) is 13.1 Å². The maximum absolute atomic E-state index is 12.8. The van der Waals surface area contributed by atoms with Crippen LogP contribution in [0.15, 0.2) is 41.3 Å². The molecule has 0 radical (unpaired) electrons. The first kappa shape index (κ1) is 18.5. The van der Waals surface area contributed by atoms with Gasteiger partial charge >= 0.3 is 0 Å². The van der Waals surface area contributed by atoms with Gasteiger partial charge in [0.15, 0.2) is 0 Å². The number of aryl methyl sites for hydroxylation is 4. The number of nitrogens with one attached hydrogen (secondary N) is 1. The maximum atomic E-state index is 12.8. The molecule has 1 aromatic heterocycles. The van der Waals surface area contributed by atoms with Crippen LogP contribution in [-0.2, 0) is 23.6 Å². The number of fused-ring (bicyclic) bond motifs is 1. The van der Waals surface area contributed by atoms with Crippen molar-refractivity contribution in [3.8, 4) is 5.75 Å². The van der Waals surface area contributed by atoms with Crippen molar-refractivity contribution in [3.05, 3.63) is 58.8 Å². The van der Waals surface area contributed by atoms with Crippen molar-refractivity contribution in [2.75, 3.05) is 7.11 Å². The Bertz CT molecular complexity index is 1060. The highest BCUT2D eigenvalue weighted by molar-refractivity contribution is 7.89. The number of nitrogens with zero attached hydrogens (tertiary/aromatic N) is 1. The molecule has 0 saturated heterocycles. The van der Waals surface area contributed by atoms with Crippen molar-refractivity contribution in [3.63, 3.8) is 0 Å². The lowest BCUT2D eigenvalue weighted by Gasteiger charge is -2.14. The first-order chi connectivity index (χ1) is 12.2. The number of rotatable bonds is 5. The van der Waals surface area contributed by atoms with Gasteiger partial charge in [0.25, 0.3) is 0 Å². The fraction of sp³-hybridized carbons (Fsp3) is 0.300. The van der Waals surface area contributed by atoms with Gasteiger partial charge in [-0.05, 0) is 67.8 Å². The van der Waals surface area contributed by atoms with Gasteiger partial charge in [0, 0.05) is 30.2 Å². The van der Waals surface area contributed by atoms with Crippen LogP contribution < -0.4 is 9.46 Å². The molecule has 1 N–H and O–H groups in total. The number of aromatic nitrogens is 1. The van der Waals surface area contributed by atoms with Crippen LogP contribution >= 0.6 is 0 Å². The van der Waals surface area contributed by atoms with E-state index in [9.17, 15) is 8.42 Å². The molecule has 0 atom stereocenters. The van der Waals surface area contributed by atoms with E-state index in [1.165, 1.54) is 5.69 Å². The lowest BCUT2D eigenvalue weighted by molar-refractivity contribution is 0.413. The van der Waals surface area contributed by atoms with Gasteiger partial charge in [-0.2, -0.15) is 0 Å². The molecule has 3 rings (SSSR count). The molecule has 0 unspecified atom stereocenters. The zero-order valence-electron chi connectivity index (χ0n) is 15.8. The SMILES string of the molecule is COc1cc(C)c(S(=O)(=O)NCc2ccc3c(c2)cc(C)n3C)c(C)c1. The molecular formula is C20H24N2O3S. The van der Waals surface area contributed by atoms with Crippen molar-refractivity contribution in [2.45, 2.75) is 32.2 Å². The van der Waals surface area contributed by atoms with E-state index in [0.717, 1.165) is 16.5 Å². The molecule has 138 valence electrons. The summed E-state index contributed by atoms with van der Waals surface area (Å²) in [6.45, 7) is 5.86.